The summed E-state index contributed by atoms with van der Waals surface area (Å²) in [5.74, 6) is -1.48. The van der Waals surface area contributed by atoms with Gasteiger partial charge in [-0.3, -0.25) is 9.59 Å². The molecule has 1 N–H and O–H groups in total. The number of ether oxygens (including phenoxy) is 1. The highest BCUT2D eigenvalue weighted by Crippen LogP contribution is 2.35. The van der Waals surface area contributed by atoms with Crippen LogP contribution in [-0.4, -0.2) is 29.0 Å². The number of amides is 2. The van der Waals surface area contributed by atoms with Gasteiger partial charge in [-0.25, -0.2) is 14.1 Å². The summed E-state index contributed by atoms with van der Waals surface area (Å²) in [6, 6.07) is 2.01. The molecule has 0 spiro atoms. The molecule has 2 rings (SSSR count). The third-order valence-corrected chi connectivity index (χ3v) is 4.58. The van der Waals surface area contributed by atoms with Gasteiger partial charge in [-0.15, -0.1) is 6.42 Å². The summed E-state index contributed by atoms with van der Waals surface area (Å²) in [4.78, 5) is 37.3. The van der Waals surface area contributed by atoms with Crippen LogP contribution in [0.2, 0.25) is 5.02 Å². The van der Waals surface area contributed by atoms with E-state index in [0.29, 0.717) is 17.7 Å². The molecule has 1 aromatic carbocycles. The van der Waals surface area contributed by atoms with E-state index in [1.807, 2.05) is 0 Å². The highest BCUT2D eigenvalue weighted by molar-refractivity contribution is 6.32. The number of carboxylic acid groups (broad SMARTS) is 1. The monoisotopic (exact) mass is 407 g/mol. The maximum absolute atomic E-state index is 14.6. The van der Waals surface area contributed by atoms with Gasteiger partial charge in [0, 0.05) is 24.1 Å². The van der Waals surface area contributed by atoms with E-state index in [2.05, 4.69) is 5.92 Å². The van der Waals surface area contributed by atoms with Crippen molar-refractivity contribution in [3.8, 4) is 18.1 Å². The predicted molar refractivity (Wildman–Crippen MR) is 102 cm³/mol. The summed E-state index contributed by atoms with van der Waals surface area (Å²) in [7, 11) is 0. The zero-order valence-corrected chi connectivity index (χ0v) is 16.2. The number of terminal acetylenes is 1. The van der Waals surface area contributed by atoms with Gasteiger partial charge in [-0.2, -0.15) is 0 Å². The van der Waals surface area contributed by atoms with Gasteiger partial charge < -0.3 is 9.84 Å². The Bertz CT molecular complexity index is 903. The molecule has 0 aliphatic heterocycles. The van der Waals surface area contributed by atoms with Crippen molar-refractivity contribution in [2.75, 3.05) is 4.90 Å². The van der Waals surface area contributed by atoms with Crippen LogP contribution in [0.1, 0.15) is 39.5 Å². The summed E-state index contributed by atoms with van der Waals surface area (Å²) in [6.07, 6.45) is 6.20. The van der Waals surface area contributed by atoms with Crippen LogP contribution in [0.25, 0.3) is 0 Å². The molecule has 0 saturated heterocycles. The third-order valence-electron chi connectivity index (χ3n) is 4.28. The van der Waals surface area contributed by atoms with Crippen molar-refractivity contribution in [3.05, 3.63) is 34.1 Å². The van der Waals surface area contributed by atoms with Crippen LogP contribution in [0.4, 0.5) is 10.1 Å². The van der Waals surface area contributed by atoms with Gasteiger partial charge in [0.05, 0.1) is 10.7 Å². The van der Waals surface area contributed by atoms with Crippen LogP contribution in [-0.2, 0) is 14.4 Å². The number of benzene rings is 1. The first-order valence-electron chi connectivity index (χ1n) is 8.59. The van der Waals surface area contributed by atoms with E-state index >= 15 is 0 Å². The second-order valence-corrected chi connectivity index (χ2v) is 6.70. The van der Waals surface area contributed by atoms with Gasteiger partial charge in [-0.05, 0) is 38.7 Å². The van der Waals surface area contributed by atoms with E-state index in [1.54, 1.807) is 6.92 Å². The van der Waals surface area contributed by atoms with Gasteiger partial charge in [0.15, 0.2) is 6.10 Å². The van der Waals surface area contributed by atoms with E-state index in [1.165, 1.54) is 0 Å². The molecule has 0 saturated carbocycles. The first-order chi connectivity index (χ1) is 13.2. The number of rotatable bonds is 5. The van der Waals surface area contributed by atoms with Gasteiger partial charge in [-0.1, -0.05) is 17.5 Å². The number of carboxylic acids is 1. The Morgan fingerprint density at radius 3 is 2.43 bits per heavy atom. The lowest BCUT2D eigenvalue weighted by Crippen LogP contribution is -2.38. The fourth-order valence-electron chi connectivity index (χ4n) is 2.94. The van der Waals surface area contributed by atoms with Crippen LogP contribution in [0, 0.1) is 18.2 Å². The van der Waals surface area contributed by atoms with Crippen molar-refractivity contribution in [2.24, 2.45) is 0 Å². The smallest absolute Gasteiger partial charge is 0.332 e. The number of anilines is 1. The zero-order chi connectivity index (χ0) is 21.0. The Kier molecular flexibility index (Phi) is 6.81. The topological polar surface area (TPSA) is 83.9 Å². The Labute approximate surface area is 166 Å². The Balaban J connectivity index is 2.56. The van der Waals surface area contributed by atoms with E-state index in [0.717, 1.165) is 19.1 Å². The first kappa shape index (κ1) is 21.5. The Morgan fingerprint density at radius 1 is 1.29 bits per heavy atom. The molecule has 2 amide bonds. The number of hydrogen-bond acceptors (Lipinski definition) is 4. The largest absolute Gasteiger partial charge is 0.478 e. The van der Waals surface area contributed by atoms with Crippen molar-refractivity contribution in [1.29, 1.82) is 0 Å². The Morgan fingerprint density at radius 2 is 1.89 bits per heavy atom. The van der Waals surface area contributed by atoms with E-state index in [-0.39, 0.29) is 40.4 Å². The number of halogens is 2. The lowest BCUT2D eigenvalue weighted by molar-refractivity contribution is -0.133. The Hall–Kier alpha value is -2.85. The second kappa shape index (κ2) is 8.89. The lowest BCUT2D eigenvalue weighted by Gasteiger charge is -2.25. The molecular weight excluding hydrogens is 389 g/mol. The van der Waals surface area contributed by atoms with Crippen LogP contribution >= 0.6 is 11.6 Å². The highest BCUT2D eigenvalue weighted by Gasteiger charge is 2.32. The fourth-order valence-corrected chi connectivity index (χ4v) is 3.13. The molecule has 0 heterocycles. The van der Waals surface area contributed by atoms with Crippen LogP contribution in [0.15, 0.2) is 23.3 Å². The molecule has 1 unspecified atom stereocenters. The first-order valence-corrected chi connectivity index (χ1v) is 8.97. The SMILES string of the molecule is C#CC(C)Oc1cc(N(C(C)=O)C(=O)C2=C(C(=O)O)CCCC2)c(F)cc1Cl. The minimum Gasteiger partial charge on any atom is -0.478 e. The molecule has 28 heavy (non-hydrogen) atoms. The maximum atomic E-state index is 14.6. The number of nitrogens with zero attached hydrogens (tertiary/aromatic N) is 1. The normalized spacial score (nSPS) is 14.8. The molecule has 0 fully saturated rings. The predicted octanol–water partition coefficient (Wildman–Crippen LogP) is 3.71. The summed E-state index contributed by atoms with van der Waals surface area (Å²) < 4.78 is 20.0. The van der Waals surface area contributed by atoms with Crippen molar-refractivity contribution < 1.29 is 28.6 Å². The summed E-state index contributed by atoms with van der Waals surface area (Å²) in [5.41, 5.74) is -0.457. The van der Waals surface area contributed by atoms with Gasteiger partial charge in [0.1, 0.15) is 11.6 Å². The number of imide groups is 1. The van der Waals surface area contributed by atoms with E-state index in [4.69, 9.17) is 22.8 Å². The van der Waals surface area contributed by atoms with Crippen LogP contribution in [0.5, 0.6) is 5.75 Å². The van der Waals surface area contributed by atoms with E-state index < -0.39 is 29.7 Å². The number of carbonyl (C=O) groups is 3. The number of carbonyl (C=O) groups excluding carboxylic acids is 2. The molecule has 1 aliphatic carbocycles. The van der Waals surface area contributed by atoms with Crippen molar-refractivity contribution in [2.45, 2.75) is 45.6 Å². The maximum Gasteiger partial charge on any atom is 0.332 e. The van der Waals surface area contributed by atoms with Crippen molar-refractivity contribution >= 4 is 35.1 Å². The van der Waals surface area contributed by atoms with Gasteiger partial charge >= 0.3 is 5.97 Å². The number of aliphatic carboxylic acids is 1. The molecule has 0 bridgehead atoms. The lowest BCUT2D eigenvalue weighted by atomic mass is 9.90. The summed E-state index contributed by atoms with van der Waals surface area (Å²) in [5, 5.41) is 9.28. The fraction of sp³-hybridized carbons (Fsp3) is 0.350. The molecule has 148 valence electrons. The molecular formula is C20H19ClFNO5. The highest BCUT2D eigenvalue weighted by atomic mass is 35.5. The van der Waals surface area contributed by atoms with Crippen molar-refractivity contribution in [1.82, 2.24) is 0 Å². The molecule has 1 aliphatic rings. The van der Waals surface area contributed by atoms with Crippen LogP contribution < -0.4 is 9.64 Å². The van der Waals surface area contributed by atoms with Gasteiger partial charge in [0.25, 0.3) is 5.91 Å². The quantitative estimate of drug-likeness (QED) is 0.752. The summed E-state index contributed by atoms with van der Waals surface area (Å²) in [6.45, 7) is 2.65. The third kappa shape index (κ3) is 4.52. The molecule has 0 radical (unpaired) electrons. The molecule has 0 aromatic heterocycles. The minimum atomic E-state index is -1.23. The van der Waals surface area contributed by atoms with Crippen molar-refractivity contribution in [3.63, 3.8) is 0 Å². The average molecular weight is 408 g/mol. The van der Waals surface area contributed by atoms with Crippen LogP contribution in [0.3, 0.4) is 0 Å². The average Bonchev–Trinajstić information content (AvgIpc) is 2.64. The molecule has 8 heteroatoms. The zero-order valence-electron chi connectivity index (χ0n) is 15.4. The minimum absolute atomic E-state index is 0.00125. The molecule has 6 nitrogen and oxygen atoms in total. The molecule has 1 atom stereocenters. The second-order valence-electron chi connectivity index (χ2n) is 6.29. The standard InChI is InChI=1S/C20H19ClFNO5/c1-4-11(2)28-18-10-17(16(22)9-15(18)21)23(12(3)24)19(25)13-7-5-6-8-14(13)20(26)27/h1,9-11H,5-8H2,2-3H3,(H,26,27). The number of hydrogen-bond donors (Lipinski definition) is 1. The summed E-state index contributed by atoms with van der Waals surface area (Å²) >= 11 is 5.97. The molecule has 1 aromatic rings. The van der Waals surface area contributed by atoms with E-state index in [9.17, 15) is 23.9 Å². The van der Waals surface area contributed by atoms with Gasteiger partial charge in [0.2, 0.25) is 5.91 Å².